The molecule has 3 nitrogen and oxygen atoms in total. The van der Waals surface area contributed by atoms with E-state index in [2.05, 4.69) is 27.6 Å². The van der Waals surface area contributed by atoms with Crippen LogP contribution in [0, 0.1) is 0 Å². The van der Waals surface area contributed by atoms with Crippen molar-refractivity contribution in [1.82, 2.24) is 15.4 Å². The normalized spacial score (nSPS) is 11.5. The van der Waals surface area contributed by atoms with E-state index >= 15 is 0 Å². The maximum Gasteiger partial charge on any atom is 0.0824 e. The van der Waals surface area contributed by atoms with Crippen LogP contribution >= 0.6 is 12.6 Å². The molecule has 0 aromatic carbocycles. The summed E-state index contributed by atoms with van der Waals surface area (Å²) in [5.74, 6) is 0.932. The van der Waals surface area contributed by atoms with E-state index in [-0.39, 0.29) is 0 Å². The first-order chi connectivity index (χ1) is 11.4. The van der Waals surface area contributed by atoms with Gasteiger partial charge in [-0.3, -0.25) is 5.10 Å². The van der Waals surface area contributed by atoms with E-state index < -0.39 is 0 Å². The fourth-order valence-electron chi connectivity index (χ4n) is 2.75. The van der Waals surface area contributed by atoms with Gasteiger partial charge in [0.05, 0.1) is 5.69 Å². The van der Waals surface area contributed by atoms with Gasteiger partial charge in [-0.25, -0.2) is 0 Å². The standard InChI is InChI=1S/C19H34N3S/c23-17-15-13-11-9-7-5-3-1-2-4-6-8-10-12-14-16-19-18-20-22-21-19/h1,3,18H,2,4-17H2,(H,20,21,22)/b3-1-. The van der Waals surface area contributed by atoms with E-state index in [1.807, 2.05) is 6.20 Å². The highest BCUT2D eigenvalue weighted by atomic mass is 32.1. The van der Waals surface area contributed by atoms with Gasteiger partial charge in [-0.15, -0.1) is 5.10 Å². The summed E-state index contributed by atoms with van der Waals surface area (Å²) in [4.78, 5) is 0. The van der Waals surface area contributed by atoms with Gasteiger partial charge in [-0.2, -0.15) is 0 Å². The van der Waals surface area contributed by atoms with E-state index in [1.54, 1.807) is 0 Å². The summed E-state index contributed by atoms with van der Waals surface area (Å²) < 4.78 is 0. The van der Waals surface area contributed by atoms with Crippen LogP contribution in [0.1, 0.15) is 89.2 Å². The second kappa shape index (κ2) is 16.1. The van der Waals surface area contributed by atoms with Crippen molar-refractivity contribution in [2.24, 2.45) is 0 Å². The SMILES string of the molecule is [S]CCCCCCC/C=C\CCCCCCCCc1c[nH]nn1. The molecule has 0 saturated carbocycles. The third-order valence-corrected chi connectivity index (χ3v) is 4.49. The van der Waals surface area contributed by atoms with Crippen LogP contribution in [0.5, 0.6) is 0 Å². The average Bonchev–Trinajstić information content (AvgIpc) is 3.08. The highest BCUT2D eigenvalue weighted by Gasteiger charge is 1.96. The first-order valence-electron chi connectivity index (χ1n) is 9.52. The number of unbranched alkanes of at least 4 members (excludes halogenated alkanes) is 11. The molecule has 1 rings (SSSR count). The minimum Gasteiger partial charge on any atom is -0.265 e. The monoisotopic (exact) mass is 336 g/mol. The number of hydrogen-bond acceptors (Lipinski definition) is 2. The van der Waals surface area contributed by atoms with E-state index in [9.17, 15) is 0 Å². The van der Waals surface area contributed by atoms with Crippen LogP contribution in [0.25, 0.3) is 0 Å². The number of hydrogen-bond donors (Lipinski definition) is 1. The zero-order valence-corrected chi connectivity index (χ0v) is 15.5. The number of allylic oxidation sites excluding steroid dienone is 2. The lowest BCUT2D eigenvalue weighted by molar-refractivity contribution is 0.593. The van der Waals surface area contributed by atoms with E-state index in [0.29, 0.717) is 0 Å². The third kappa shape index (κ3) is 13.4. The van der Waals surface area contributed by atoms with Crippen molar-refractivity contribution >= 4 is 12.6 Å². The van der Waals surface area contributed by atoms with E-state index in [0.717, 1.165) is 17.9 Å². The molecule has 23 heavy (non-hydrogen) atoms. The molecule has 1 N–H and O–H groups in total. The molecule has 0 fully saturated rings. The smallest absolute Gasteiger partial charge is 0.0824 e. The Kier molecular flexibility index (Phi) is 14.2. The molecule has 4 heteroatoms. The van der Waals surface area contributed by atoms with Gasteiger partial charge in [0.1, 0.15) is 0 Å². The van der Waals surface area contributed by atoms with Crippen LogP contribution in [-0.4, -0.2) is 21.2 Å². The van der Waals surface area contributed by atoms with Gasteiger partial charge in [-0.05, 0) is 44.9 Å². The molecule has 0 amide bonds. The van der Waals surface area contributed by atoms with Gasteiger partial charge in [0.2, 0.25) is 0 Å². The summed E-state index contributed by atoms with van der Waals surface area (Å²) in [6.45, 7) is 0. The number of nitrogens with one attached hydrogen (secondary N) is 1. The molecular weight excluding hydrogens is 302 g/mol. The van der Waals surface area contributed by atoms with Crippen LogP contribution in [0.3, 0.4) is 0 Å². The Morgan fingerprint density at radius 3 is 1.91 bits per heavy atom. The van der Waals surface area contributed by atoms with Crippen molar-refractivity contribution in [3.8, 4) is 0 Å². The lowest BCUT2D eigenvalue weighted by atomic mass is 10.1. The van der Waals surface area contributed by atoms with Gasteiger partial charge in [-0.1, -0.05) is 74.9 Å². The Balaban J connectivity index is 1.73. The molecule has 0 saturated heterocycles. The summed E-state index contributed by atoms with van der Waals surface area (Å²) in [6, 6.07) is 0. The maximum absolute atomic E-state index is 4.95. The molecule has 0 aliphatic carbocycles. The average molecular weight is 337 g/mol. The second-order valence-electron chi connectivity index (χ2n) is 6.36. The summed E-state index contributed by atoms with van der Waals surface area (Å²) in [7, 11) is 0. The van der Waals surface area contributed by atoms with Crippen LogP contribution in [0.2, 0.25) is 0 Å². The Labute approximate surface area is 148 Å². The van der Waals surface area contributed by atoms with Crippen molar-refractivity contribution in [3.05, 3.63) is 24.0 Å². The first-order valence-corrected chi connectivity index (χ1v) is 10.1. The van der Waals surface area contributed by atoms with Crippen molar-refractivity contribution in [3.63, 3.8) is 0 Å². The summed E-state index contributed by atoms with van der Waals surface area (Å²) in [5, 5.41) is 10.5. The van der Waals surface area contributed by atoms with Crippen LogP contribution in [-0.2, 0) is 6.42 Å². The first kappa shape index (κ1) is 20.3. The number of aromatic amines is 1. The molecule has 131 valence electrons. The molecular formula is C19H34N3S. The molecule has 0 bridgehead atoms. The highest BCUT2D eigenvalue weighted by molar-refractivity contribution is 7.80. The van der Waals surface area contributed by atoms with Gasteiger partial charge < -0.3 is 0 Å². The molecule has 1 aromatic heterocycles. The highest BCUT2D eigenvalue weighted by Crippen LogP contribution is 2.10. The Hall–Kier alpha value is -0.770. The van der Waals surface area contributed by atoms with Crippen molar-refractivity contribution in [1.29, 1.82) is 0 Å². The second-order valence-corrected chi connectivity index (χ2v) is 6.76. The van der Waals surface area contributed by atoms with Crippen molar-refractivity contribution in [2.75, 3.05) is 5.75 Å². The Bertz CT molecular complexity index is 363. The summed E-state index contributed by atoms with van der Waals surface area (Å²) >= 11 is 4.95. The van der Waals surface area contributed by atoms with Gasteiger partial charge >= 0.3 is 0 Å². The third-order valence-electron chi connectivity index (χ3n) is 4.20. The number of rotatable bonds is 16. The molecule has 1 aromatic rings. The lowest BCUT2D eigenvalue weighted by Crippen LogP contribution is -1.86. The van der Waals surface area contributed by atoms with Crippen LogP contribution in [0.15, 0.2) is 18.3 Å². The molecule has 1 heterocycles. The minimum atomic E-state index is 0.932. The topological polar surface area (TPSA) is 41.6 Å². The molecule has 1 radical (unpaired) electrons. The predicted molar refractivity (Wildman–Crippen MR) is 102 cm³/mol. The van der Waals surface area contributed by atoms with Crippen molar-refractivity contribution < 1.29 is 0 Å². The Morgan fingerprint density at radius 2 is 1.35 bits per heavy atom. The maximum atomic E-state index is 4.95. The Morgan fingerprint density at radius 1 is 0.783 bits per heavy atom. The largest absolute Gasteiger partial charge is 0.265 e. The van der Waals surface area contributed by atoms with Crippen LogP contribution in [0.4, 0.5) is 0 Å². The lowest BCUT2D eigenvalue weighted by Gasteiger charge is -2.00. The quantitative estimate of drug-likeness (QED) is 0.289. The summed E-state index contributed by atoms with van der Waals surface area (Å²) in [5.41, 5.74) is 1.09. The molecule has 0 aliphatic heterocycles. The van der Waals surface area contributed by atoms with Crippen molar-refractivity contribution in [2.45, 2.75) is 89.9 Å². The fourth-order valence-corrected chi connectivity index (χ4v) is 2.96. The van der Waals surface area contributed by atoms with E-state index in [4.69, 9.17) is 12.6 Å². The zero-order chi connectivity index (χ0) is 16.4. The molecule has 0 aliphatic rings. The van der Waals surface area contributed by atoms with Gasteiger partial charge in [0.25, 0.3) is 0 Å². The van der Waals surface area contributed by atoms with Gasteiger partial charge in [0, 0.05) is 11.9 Å². The fraction of sp³-hybridized carbons (Fsp3) is 0.789. The van der Waals surface area contributed by atoms with E-state index in [1.165, 1.54) is 83.5 Å². The number of H-pyrrole nitrogens is 1. The predicted octanol–water partition coefficient (Wildman–Crippen LogP) is 6.17. The number of nitrogens with zero attached hydrogens (tertiary/aromatic N) is 2. The van der Waals surface area contributed by atoms with Crippen LogP contribution < -0.4 is 0 Å². The molecule has 0 spiro atoms. The molecule has 0 atom stereocenters. The van der Waals surface area contributed by atoms with Gasteiger partial charge in [0.15, 0.2) is 0 Å². The molecule has 0 unspecified atom stereocenters. The number of aryl methyl sites for hydroxylation is 1. The summed E-state index contributed by atoms with van der Waals surface area (Å²) in [6.07, 6.45) is 24.9. The number of aromatic nitrogens is 3. The zero-order valence-electron chi connectivity index (χ0n) is 14.6. The minimum absolute atomic E-state index is 0.932.